The highest BCUT2D eigenvalue weighted by Gasteiger charge is 2.20. The molecule has 0 spiro atoms. The van der Waals surface area contributed by atoms with Crippen molar-refractivity contribution in [3.05, 3.63) is 46.5 Å². The quantitative estimate of drug-likeness (QED) is 0.868. The molecule has 6 nitrogen and oxygen atoms in total. The van der Waals surface area contributed by atoms with Gasteiger partial charge in [-0.3, -0.25) is 9.69 Å². The van der Waals surface area contributed by atoms with Crippen LogP contribution in [0.15, 0.2) is 24.3 Å². The van der Waals surface area contributed by atoms with Crippen molar-refractivity contribution in [3.63, 3.8) is 0 Å². The Labute approximate surface area is 146 Å². The van der Waals surface area contributed by atoms with E-state index in [4.69, 9.17) is 11.6 Å². The normalized spacial score (nSPS) is 14.4. The van der Waals surface area contributed by atoms with Gasteiger partial charge < -0.3 is 9.88 Å². The van der Waals surface area contributed by atoms with Crippen molar-refractivity contribution in [1.82, 2.24) is 25.0 Å². The smallest absolute Gasteiger partial charge is 0.221 e. The number of carbonyl (C=O) groups excluding carboxylic acids is 1. The fraction of sp³-hybridized carbons (Fsp3) is 0.471. The molecule has 1 aromatic heterocycles. The Bertz CT molecular complexity index is 715. The molecule has 0 atom stereocenters. The number of hydrogen-bond acceptors (Lipinski definition) is 4. The number of amides is 1. The van der Waals surface area contributed by atoms with Crippen LogP contribution in [0.1, 0.15) is 30.6 Å². The highest BCUT2D eigenvalue weighted by atomic mass is 35.5. The van der Waals surface area contributed by atoms with E-state index in [0.29, 0.717) is 18.0 Å². The highest BCUT2D eigenvalue weighted by Crippen LogP contribution is 2.15. The molecule has 0 saturated heterocycles. The van der Waals surface area contributed by atoms with Gasteiger partial charge in [0, 0.05) is 44.0 Å². The molecule has 128 valence electrons. The van der Waals surface area contributed by atoms with Crippen LogP contribution in [0.2, 0.25) is 5.02 Å². The summed E-state index contributed by atoms with van der Waals surface area (Å²) in [6.45, 7) is 5.86. The summed E-state index contributed by atoms with van der Waals surface area (Å²) in [6, 6.07) is 7.55. The predicted octanol–water partition coefficient (Wildman–Crippen LogP) is 2.02. The summed E-state index contributed by atoms with van der Waals surface area (Å²) in [5.41, 5.74) is 0.936. The zero-order chi connectivity index (χ0) is 16.9. The highest BCUT2D eigenvalue weighted by molar-refractivity contribution is 6.31. The van der Waals surface area contributed by atoms with Gasteiger partial charge in [0.05, 0.1) is 6.54 Å². The molecule has 0 unspecified atom stereocenters. The van der Waals surface area contributed by atoms with Crippen LogP contribution in [-0.2, 0) is 30.8 Å². The molecule has 0 bridgehead atoms. The molecule has 0 fully saturated rings. The second-order valence-corrected chi connectivity index (χ2v) is 6.34. The number of hydrogen-bond donors (Lipinski definition) is 1. The third-order valence-electron chi connectivity index (χ3n) is 4.31. The molecule has 2 aromatic rings. The van der Waals surface area contributed by atoms with Gasteiger partial charge in [0.25, 0.3) is 0 Å². The van der Waals surface area contributed by atoms with Crippen LogP contribution < -0.4 is 5.32 Å². The van der Waals surface area contributed by atoms with Gasteiger partial charge in [-0.1, -0.05) is 36.7 Å². The van der Waals surface area contributed by atoms with Gasteiger partial charge in [0.15, 0.2) is 0 Å². The second-order valence-electron chi connectivity index (χ2n) is 5.93. The molecular weight excluding hydrogens is 326 g/mol. The molecule has 1 aliphatic rings. The van der Waals surface area contributed by atoms with Gasteiger partial charge in [-0.2, -0.15) is 0 Å². The SMILES string of the molecule is CCc1nnc2n1CCN(CCC(=O)NCc1ccccc1Cl)C2. The van der Waals surface area contributed by atoms with E-state index in [0.717, 1.165) is 49.8 Å². The first kappa shape index (κ1) is 16.9. The Kier molecular flexibility index (Phi) is 5.48. The average Bonchev–Trinajstić information content (AvgIpc) is 3.01. The molecule has 1 N–H and O–H groups in total. The minimum absolute atomic E-state index is 0.0382. The van der Waals surface area contributed by atoms with E-state index in [-0.39, 0.29) is 5.91 Å². The van der Waals surface area contributed by atoms with Crippen molar-refractivity contribution >= 4 is 17.5 Å². The van der Waals surface area contributed by atoms with Gasteiger partial charge in [-0.25, -0.2) is 0 Å². The van der Waals surface area contributed by atoms with E-state index < -0.39 is 0 Å². The molecule has 1 aliphatic heterocycles. The average molecular weight is 348 g/mol. The zero-order valence-electron chi connectivity index (χ0n) is 13.8. The van der Waals surface area contributed by atoms with Crippen molar-refractivity contribution in [1.29, 1.82) is 0 Å². The third-order valence-corrected chi connectivity index (χ3v) is 4.68. The number of halogens is 1. The summed E-state index contributed by atoms with van der Waals surface area (Å²) in [5, 5.41) is 12.1. The Morgan fingerprint density at radius 1 is 1.29 bits per heavy atom. The number of nitrogens with one attached hydrogen (secondary N) is 1. The summed E-state index contributed by atoms with van der Waals surface area (Å²) in [7, 11) is 0. The third kappa shape index (κ3) is 3.94. The number of nitrogens with zero attached hydrogens (tertiary/aromatic N) is 4. The van der Waals surface area contributed by atoms with Crippen LogP contribution in [0.25, 0.3) is 0 Å². The molecule has 2 heterocycles. The van der Waals surface area contributed by atoms with Crippen molar-refractivity contribution in [2.75, 3.05) is 13.1 Å². The summed E-state index contributed by atoms with van der Waals surface area (Å²) in [4.78, 5) is 14.3. The number of carbonyl (C=O) groups is 1. The van der Waals surface area contributed by atoms with Gasteiger partial charge in [0.2, 0.25) is 5.91 Å². The molecule has 7 heteroatoms. The van der Waals surface area contributed by atoms with Crippen molar-refractivity contribution in [2.24, 2.45) is 0 Å². The number of aryl methyl sites for hydroxylation is 1. The Balaban J connectivity index is 1.44. The molecular formula is C17H22ClN5O. The minimum atomic E-state index is 0.0382. The fourth-order valence-electron chi connectivity index (χ4n) is 2.90. The summed E-state index contributed by atoms with van der Waals surface area (Å²) in [5.74, 6) is 2.08. The molecule has 0 radical (unpaired) electrons. The van der Waals surface area contributed by atoms with E-state index in [2.05, 4.69) is 31.9 Å². The van der Waals surface area contributed by atoms with Crippen LogP contribution in [0.4, 0.5) is 0 Å². The topological polar surface area (TPSA) is 63.1 Å². The zero-order valence-corrected chi connectivity index (χ0v) is 14.6. The van der Waals surface area contributed by atoms with E-state index in [1.807, 2.05) is 24.3 Å². The van der Waals surface area contributed by atoms with E-state index in [1.54, 1.807) is 0 Å². The van der Waals surface area contributed by atoms with Gasteiger partial charge in [-0.05, 0) is 11.6 Å². The van der Waals surface area contributed by atoms with Crippen LogP contribution >= 0.6 is 11.6 Å². The molecule has 3 rings (SSSR count). The maximum atomic E-state index is 12.1. The largest absolute Gasteiger partial charge is 0.352 e. The maximum absolute atomic E-state index is 12.1. The number of fused-ring (bicyclic) bond motifs is 1. The lowest BCUT2D eigenvalue weighted by Gasteiger charge is -2.27. The van der Waals surface area contributed by atoms with Crippen molar-refractivity contribution in [3.8, 4) is 0 Å². The van der Waals surface area contributed by atoms with E-state index in [9.17, 15) is 4.79 Å². The standard InChI is InChI=1S/C17H22ClN5O/c1-2-15-20-21-16-12-22(9-10-23(15)16)8-7-17(24)19-11-13-5-3-4-6-14(13)18/h3-6H,2,7-12H2,1H3,(H,19,24). The first-order valence-electron chi connectivity index (χ1n) is 8.30. The first-order chi connectivity index (χ1) is 11.7. The van der Waals surface area contributed by atoms with Gasteiger partial charge in [-0.15, -0.1) is 10.2 Å². The van der Waals surface area contributed by atoms with Gasteiger partial charge >= 0.3 is 0 Å². The van der Waals surface area contributed by atoms with Crippen molar-refractivity contribution < 1.29 is 4.79 Å². The predicted molar refractivity (Wildman–Crippen MR) is 92.6 cm³/mol. The number of aromatic nitrogens is 3. The fourth-order valence-corrected chi connectivity index (χ4v) is 3.11. The molecule has 0 saturated carbocycles. The van der Waals surface area contributed by atoms with Crippen LogP contribution in [-0.4, -0.2) is 38.7 Å². The van der Waals surface area contributed by atoms with Crippen LogP contribution in [0.3, 0.4) is 0 Å². The second kappa shape index (κ2) is 7.77. The molecule has 24 heavy (non-hydrogen) atoms. The molecule has 0 aliphatic carbocycles. The lowest BCUT2D eigenvalue weighted by atomic mass is 10.2. The van der Waals surface area contributed by atoms with Crippen LogP contribution in [0.5, 0.6) is 0 Å². The van der Waals surface area contributed by atoms with Crippen LogP contribution in [0, 0.1) is 0 Å². The summed E-state index contributed by atoms with van der Waals surface area (Å²) < 4.78 is 2.19. The Morgan fingerprint density at radius 2 is 2.12 bits per heavy atom. The van der Waals surface area contributed by atoms with E-state index >= 15 is 0 Å². The Hall–Kier alpha value is -1.92. The summed E-state index contributed by atoms with van der Waals surface area (Å²) in [6.07, 6.45) is 1.37. The minimum Gasteiger partial charge on any atom is -0.352 e. The molecule has 1 amide bonds. The molecule has 1 aromatic carbocycles. The number of rotatable bonds is 6. The van der Waals surface area contributed by atoms with Gasteiger partial charge in [0.1, 0.15) is 11.6 Å². The van der Waals surface area contributed by atoms with E-state index in [1.165, 1.54) is 0 Å². The number of benzene rings is 1. The lowest BCUT2D eigenvalue weighted by molar-refractivity contribution is -0.121. The first-order valence-corrected chi connectivity index (χ1v) is 8.68. The monoisotopic (exact) mass is 347 g/mol. The summed E-state index contributed by atoms with van der Waals surface area (Å²) >= 11 is 6.09. The van der Waals surface area contributed by atoms with Crippen molar-refractivity contribution in [2.45, 2.75) is 39.4 Å². The lowest BCUT2D eigenvalue weighted by Crippen LogP contribution is -2.37. The maximum Gasteiger partial charge on any atom is 0.221 e. The Morgan fingerprint density at radius 3 is 2.92 bits per heavy atom.